The number of carbonyl (C=O) groups is 2. The third-order valence-corrected chi connectivity index (χ3v) is 4.21. The number of hydrogen-bond acceptors (Lipinski definition) is 2. The summed E-state index contributed by atoms with van der Waals surface area (Å²) in [5.74, 6) is -1.11. The van der Waals surface area contributed by atoms with Crippen LogP contribution in [0.25, 0.3) is 0 Å². The van der Waals surface area contributed by atoms with Gasteiger partial charge in [-0.1, -0.05) is 51.8 Å². The van der Waals surface area contributed by atoms with Crippen LogP contribution in [0.15, 0.2) is 46.9 Å². The van der Waals surface area contributed by atoms with Crippen LogP contribution in [-0.4, -0.2) is 11.6 Å². The first-order chi connectivity index (χ1) is 9.09. The highest BCUT2D eigenvalue weighted by Crippen LogP contribution is 2.37. The molecule has 2 aromatic carbocycles. The van der Waals surface area contributed by atoms with Crippen molar-refractivity contribution in [1.82, 2.24) is 0 Å². The molecule has 4 heteroatoms. The van der Waals surface area contributed by atoms with Crippen LogP contribution >= 0.6 is 27.5 Å². The van der Waals surface area contributed by atoms with Crippen molar-refractivity contribution in [2.45, 2.75) is 5.92 Å². The second kappa shape index (κ2) is 4.58. The molecule has 2 aromatic rings. The molecule has 2 nitrogen and oxygen atoms in total. The minimum atomic E-state index is -0.787. The van der Waals surface area contributed by atoms with Crippen LogP contribution < -0.4 is 0 Å². The van der Waals surface area contributed by atoms with E-state index >= 15 is 0 Å². The lowest BCUT2D eigenvalue weighted by molar-refractivity contribution is 0.0890. The van der Waals surface area contributed by atoms with Gasteiger partial charge in [-0.05, 0) is 23.8 Å². The molecule has 94 valence electrons. The van der Waals surface area contributed by atoms with Gasteiger partial charge in [0.2, 0.25) is 0 Å². The van der Waals surface area contributed by atoms with E-state index in [9.17, 15) is 9.59 Å². The van der Waals surface area contributed by atoms with Crippen LogP contribution in [0.1, 0.15) is 32.2 Å². The fourth-order valence-electron chi connectivity index (χ4n) is 2.36. The van der Waals surface area contributed by atoms with Crippen molar-refractivity contribution in [1.29, 1.82) is 0 Å². The number of ketones is 2. The van der Waals surface area contributed by atoms with Crippen LogP contribution in [0.2, 0.25) is 5.02 Å². The van der Waals surface area contributed by atoms with Crippen molar-refractivity contribution in [3.05, 3.63) is 68.7 Å². The van der Waals surface area contributed by atoms with E-state index in [4.69, 9.17) is 11.6 Å². The Morgan fingerprint density at radius 1 is 0.947 bits per heavy atom. The average Bonchev–Trinajstić information content (AvgIpc) is 2.66. The smallest absolute Gasteiger partial charge is 0.178 e. The molecule has 0 heterocycles. The van der Waals surface area contributed by atoms with E-state index < -0.39 is 5.92 Å². The maximum Gasteiger partial charge on any atom is 0.178 e. The predicted molar refractivity (Wildman–Crippen MR) is 77.0 cm³/mol. The topological polar surface area (TPSA) is 34.1 Å². The van der Waals surface area contributed by atoms with Crippen molar-refractivity contribution in [2.24, 2.45) is 0 Å². The van der Waals surface area contributed by atoms with Crippen LogP contribution in [0.3, 0.4) is 0 Å². The van der Waals surface area contributed by atoms with E-state index in [0.29, 0.717) is 21.7 Å². The molecule has 19 heavy (non-hydrogen) atoms. The lowest BCUT2D eigenvalue weighted by Crippen LogP contribution is -2.13. The first kappa shape index (κ1) is 12.6. The zero-order valence-corrected chi connectivity index (χ0v) is 12.0. The molecule has 0 unspecified atom stereocenters. The molecule has 0 saturated carbocycles. The second-order valence-corrected chi connectivity index (χ2v) is 5.66. The zero-order valence-electron chi connectivity index (χ0n) is 9.69. The molecule has 0 radical (unpaired) electrons. The standard InChI is InChI=1S/C15H8BrClO2/c16-12-6-5-8(17)7-11(12)13-14(18)9-3-1-2-4-10(9)15(13)19/h1-7,13H. The quantitative estimate of drug-likeness (QED) is 0.730. The van der Waals surface area contributed by atoms with Gasteiger partial charge in [0.15, 0.2) is 11.6 Å². The van der Waals surface area contributed by atoms with Gasteiger partial charge >= 0.3 is 0 Å². The van der Waals surface area contributed by atoms with E-state index in [2.05, 4.69) is 15.9 Å². The average molecular weight is 336 g/mol. The van der Waals surface area contributed by atoms with E-state index in [1.165, 1.54) is 0 Å². The van der Waals surface area contributed by atoms with Crippen molar-refractivity contribution in [3.8, 4) is 0 Å². The Balaban J connectivity index is 2.17. The molecule has 0 atom stereocenters. The van der Waals surface area contributed by atoms with E-state index in [1.807, 2.05) is 0 Å². The first-order valence-corrected chi connectivity index (χ1v) is 6.89. The second-order valence-electron chi connectivity index (χ2n) is 4.37. The number of Topliss-reactive ketones (excluding diaryl/α,β-unsaturated/α-hetero) is 2. The van der Waals surface area contributed by atoms with Gasteiger partial charge in [0.05, 0.1) is 0 Å². The van der Waals surface area contributed by atoms with Crippen molar-refractivity contribution >= 4 is 39.1 Å². The summed E-state index contributed by atoms with van der Waals surface area (Å²) in [6.45, 7) is 0. The molecule has 1 aliphatic carbocycles. The van der Waals surface area contributed by atoms with Crippen LogP contribution in [0.4, 0.5) is 0 Å². The van der Waals surface area contributed by atoms with Gasteiger partial charge < -0.3 is 0 Å². The molecular weight excluding hydrogens is 328 g/mol. The molecule has 0 N–H and O–H groups in total. The summed E-state index contributed by atoms with van der Waals surface area (Å²) in [6, 6.07) is 12.0. The van der Waals surface area contributed by atoms with Gasteiger partial charge in [-0.2, -0.15) is 0 Å². The van der Waals surface area contributed by atoms with Crippen molar-refractivity contribution < 1.29 is 9.59 Å². The number of hydrogen-bond donors (Lipinski definition) is 0. The summed E-state index contributed by atoms with van der Waals surface area (Å²) in [5.41, 5.74) is 1.60. The number of rotatable bonds is 1. The third-order valence-electron chi connectivity index (χ3n) is 3.25. The summed E-state index contributed by atoms with van der Waals surface area (Å²) in [5, 5.41) is 0.509. The molecule has 0 amide bonds. The summed E-state index contributed by atoms with van der Waals surface area (Å²) >= 11 is 9.34. The van der Waals surface area contributed by atoms with Crippen LogP contribution in [0, 0.1) is 0 Å². The van der Waals surface area contributed by atoms with Gasteiger partial charge in [-0.25, -0.2) is 0 Å². The van der Waals surface area contributed by atoms with E-state index in [0.717, 1.165) is 4.47 Å². The molecule has 3 rings (SSSR count). The van der Waals surface area contributed by atoms with E-state index in [1.54, 1.807) is 42.5 Å². The summed E-state index contributed by atoms with van der Waals surface area (Å²) < 4.78 is 0.719. The Hall–Kier alpha value is -1.45. The molecule has 0 saturated heterocycles. The van der Waals surface area contributed by atoms with Gasteiger partial charge in [-0.15, -0.1) is 0 Å². The number of benzene rings is 2. The molecule has 0 aliphatic heterocycles. The third kappa shape index (κ3) is 1.94. The van der Waals surface area contributed by atoms with Gasteiger partial charge in [-0.3, -0.25) is 9.59 Å². The minimum absolute atomic E-state index is 0.163. The highest BCUT2D eigenvalue weighted by atomic mass is 79.9. The Morgan fingerprint density at radius 3 is 2.11 bits per heavy atom. The van der Waals surface area contributed by atoms with Crippen LogP contribution in [-0.2, 0) is 0 Å². The fraction of sp³-hybridized carbons (Fsp3) is 0.0667. The zero-order chi connectivity index (χ0) is 13.6. The Labute approximate surface area is 123 Å². The molecular formula is C15H8BrClO2. The maximum atomic E-state index is 12.4. The monoisotopic (exact) mass is 334 g/mol. The summed E-state index contributed by atoms with van der Waals surface area (Å²) in [4.78, 5) is 24.8. The largest absolute Gasteiger partial charge is 0.293 e. The molecule has 0 aromatic heterocycles. The summed E-state index contributed by atoms with van der Waals surface area (Å²) in [6.07, 6.45) is 0. The van der Waals surface area contributed by atoms with Gasteiger partial charge in [0.25, 0.3) is 0 Å². The van der Waals surface area contributed by atoms with Crippen molar-refractivity contribution in [2.75, 3.05) is 0 Å². The Kier molecular flexibility index (Phi) is 3.03. The first-order valence-electron chi connectivity index (χ1n) is 5.72. The van der Waals surface area contributed by atoms with Crippen LogP contribution in [0.5, 0.6) is 0 Å². The van der Waals surface area contributed by atoms with Crippen molar-refractivity contribution in [3.63, 3.8) is 0 Å². The molecule has 0 spiro atoms. The number of halogens is 2. The number of carbonyl (C=O) groups excluding carboxylic acids is 2. The minimum Gasteiger partial charge on any atom is -0.293 e. The highest BCUT2D eigenvalue weighted by molar-refractivity contribution is 9.10. The molecule has 0 fully saturated rings. The maximum absolute atomic E-state index is 12.4. The predicted octanol–water partition coefficient (Wildman–Crippen LogP) is 4.27. The normalized spacial score (nSPS) is 14.8. The van der Waals surface area contributed by atoms with Gasteiger partial charge in [0.1, 0.15) is 5.92 Å². The Morgan fingerprint density at radius 2 is 1.53 bits per heavy atom. The molecule has 1 aliphatic rings. The molecule has 0 bridgehead atoms. The lowest BCUT2D eigenvalue weighted by atomic mass is 9.94. The SMILES string of the molecule is O=C1c2ccccc2C(=O)C1c1cc(Cl)ccc1Br. The lowest BCUT2D eigenvalue weighted by Gasteiger charge is -2.10. The highest BCUT2D eigenvalue weighted by Gasteiger charge is 2.40. The van der Waals surface area contributed by atoms with E-state index in [-0.39, 0.29) is 11.6 Å². The number of fused-ring (bicyclic) bond motifs is 1. The Bertz CT molecular complexity index is 674. The summed E-state index contributed by atoms with van der Waals surface area (Å²) in [7, 11) is 0. The fourth-order valence-corrected chi connectivity index (χ4v) is 3.02. The van der Waals surface area contributed by atoms with Gasteiger partial charge in [0, 0.05) is 20.6 Å².